The first-order valence-electron chi connectivity index (χ1n) is 17.7. The molecule has 0 bridgehead atoms. The van der Waals surface area contributed by atoms with Gasteiger partial charge in [-0.25, -0.2) is 0 Å². The van der Waals surface area contributed by atoms with E-state index in [4.69, 9.17) is 4.99 Å². The van der Waals surface area contributed by atoms with Crippen LogP contribution in [0.4, 0.5) is 11.4 Å². The molecule has 0 saturated heterocycles. The fourth-order valence-electron chi connectivity index (χ4n) is 9.05. The average molecular weight is 645 g/mol. The minimum Gasteiger partial charge on any atom is -0.367 e. The molecule has 10 rings (SSSR count). The molecular weight excluding hydrogens is 605 g/mol. The SMILES string of the molecule is CC1(C)c2ccccc2-c2ccccc21.CN1c2ccc3c(c2C2C=CC=CC21)N=C(c1ccccc1)C3(c1ccccc1)c1ccccc1. The van der Waals surface area contributed by atoms with Gasteiger partial charge >= 0.3 is 0 Å². The largest absolute Gasteiger partial charge is 0.367 e. The Labute approximate surface area is 295 Å². The molecule has 2 heteroatoms. The maximum Gasteiger partial charge on any atom is 0.0901 e. The number of rotatable bonds is 3. The van der Waals surface area contributed by atoms with Crippen LogP contribution in [-0.4, -0.2) is 18.8 Å². The molecule has 6 aromatic carbocycles. The molecule has 0 fully saturated rings. The number of aliphatic imine (C=N–C) groups is 1. The van der Waals surface area contributed by atoms with Crippen LogP contribution in [0.15, 0.2) is 181 Å². The lowest BCUT2D eigenvalue weighted by Gasteiger charge is -2.34. The maximum absolute atomic E-state index is 5.56. The fourth-order valence-corrected chi connectivity index (χ4v) is 9.05. The summed E-state index contributed by atoms with van der Waals surface area (Å²) in [5.74, 6) is 0.304. The quantitative estimate of drug-likeness (QED) is 0.187. The molecule has 0 spiro atoms. The Kier molecular flexibility index (Phi) is 7.10. The van der Waals surface area contributed by atoms with Gasteiger partial charge in [0.25, 0.3) is 0 Å². The van der Waals surface area contributed by atoms with E-state index < -0.39 is 5.41 Å². The van der Waals surface area contributed by atoms with E-state index in [1.807, 2.05) is 0 Å². The summed E-state index contributed by atoms with van der Waals surface area (Å²) in [6.07, 6.45) is 9.01. The summed E-state index contributed by atoms with van der Waals surface area (Å²) in [5.41, 5.74) is 15.1. The van der Waals surface area contributed by atoms with Gasteiger partial charge in [-0.1, -0.05) is 184 Å². The van der Waals surface area contributed by atoms with Gasteiger partial charge in [-0.15, -0.1) is 0 Å². The van der Waals surface area contributed by atoms with Gasteiger partial charge in [-0.2, -0.15) is 0 Å². The second-order valence-corrected chi connectivity index (χ2v) is 14.3. The van der Waals surface area contributed by atoms with Gasteiger partial charge in [0.2, 0.25) is 0 Å². The standard InChI is InChI=1S/C33H26N2.C15H14/c1-35-28-20-12-11-19-26(28)30-29(35)22-21-27-31(30)34-32(23-13-5-2-6-14-23)33(27,24-15-7-3-8-16-24)25-17-9-4-10-18-25;1-15(2)13-9-5-3-7-11(13)12-8-4-6-10-14(12)15/h2-22,26,28H,1H3;3-10H,1-2H3. The van der Waals surface area contributed by atoms with Crippen molar-refractivity contribution < 1.29 is 0 Å². The van der Waals surface area contributed by atoms with E-state index in [0.29, 0.717) is 12.0 Å². The summed E-state index contributed by atoms with van der Waals surface area (Å²) < 4.78 is 0. The van der Waals surface area contributed by atoms with E-state index in [9.17, 15) is 0 Å². The Morgan fingerprint density at radius 3 is 1.66 bits per heavy atom. The third kappa shape index (κ3) is 4.38. The summed E-state index contributed by atoms with van der Waals surface area (Å²) in [7, 11) is 2.21. The molecule has 0 amide bonds. The van der Waals surface area contributed by atoms with Crippen molar-refractivity contribution in [2.75, 3.05) is 11.9 Å². The molecule has 6 aromatic rings. The monoisotopic (exact) mass is 644 g/mol. The van der Waals surface area contributed by atoms with E-state index in [-0.39, 0.29) is 5.41 Å². The van der Waals surface area contributed by atoms with Gasteiger partial charge in [-0.3, -0.25) is 4.99 Å². The van der Waals surface area contributed by atoms with Gasteiger partial charge in [0.15, 0.2) is 0 Å². The Balaban J connectivity index is 0.000000187. The molecule has 0 N–H and O–H groups in total. The zero-order chi connectivity index (χ0) is 33.9. The minimum atomic E-state index is -0.487. The van der Waals surface area contributed by atoms with Gasteiger partial charge in [0.05, 0.1) is 22.9 Å². The predicted molar refractivity (Wildman–Crippen MR) is 209 cm³/mol. The number of allylic oxidation sites excluding steroid dienone is 2. The lowest BCUT2D eigenvalue weighted by atomic mass is 9.65. The topological polar surface area (TPSA) is 15.6 Å². The molecule has 2 aliphatic heterocycles. The molecule has 2 atom stereocenters. The normalized spacial score (nSPS) is 19.3. The second-order valence-electron chi connectivity index (χ2n) is 14.3. The van der Waals surface area contributed by atoms with Crippen LogP contribution in [0, 0.1) is 0 Å². The van der Waals surface area contributed by atoms with E-state index in [0.717, 1.165) is 17.0 Å². The van der Waals surface area contributed by atoms with Crippen LogP contribution in [0.25, 0.3) is 11.1 Å². The Hall–Kier alpha value is -5.73. The highest BCUT2D eigenvalue weighted by molar-refractivity contribution is 6.17. The first kappa shape index (κ1) is 30.3. The smallest absolute Gasteiger partial charge is 0.0901 e. The maximum atomic E-state index is 5.56. The van der Waals surface area contributed by atoms with Crippen LogP contribution in [0.3, 0.4) is 0 Å². The number of hydrogen-bond donors (Lipinski definition) is 0. The molecule has 2 heterocycles. The Morgan fingerprint density at radius 2 is 1.06 bits per heavy atom. The highest BCUT2D eigenvalue weighted by Gasteiger charge is 2.50. The van der Waals surface area contributed by atoms with Gasteiger partial charge in [-0.05, 0) is 50.6 Å². The lowest BCUT2D eigenvalue weighted by molar-refractivity contribution is 0.660. The summed E-state index contributed by atoms with van der Waals surface area (Å²) >= 11 is 0. The fraction of sp³-hybridized carbons (Fsp3) is 0.146. The number of anilines is 1. The number of hydrogen-bond acceptors (Lipinski definition) is 2. The van der Waals surface area contributed by atoms with E-state index in [1.54, 1.807) is 0 Å². The van der Waals surface area contributed by atoms with E-state index >= 15 is 0 Å². The van der Waals surface area contributed by atoms with Crippen molar-refractivity contribution in [2.24, 2.45) is 4.99 Å². The van der Waals surface area contributed by atoms with Crippen LogP contribution in [0.2, 0.25) is 0 Å². The molecule has 50 heavy (non-hydrogen) atoms. The first-order chi connectivity index (χ1) is 24.5. The van der Waals surface area contributed by atoms with E-state index in [2.05, 4.69) is 202 Å². The van der Waals surface area contributed by atoms with Crippen molar-refractivity contribution in [3.05, 3.63) is 215 Å². The molecule has 0 radical (unpaired) electrons. The molecule has 2 nitrogen and oxygen atoms in total. The molecule has 2 aliphatic carbocycles. The number of nitrogens with zero attached hydrogens (tertiary/aromatic N) is 2. The number of fused-ring (bicyclic) bond motifs is 8. The number of likely N-dealkylation sites (N-methyl/N-ethyl adjacent to an activating group) is 1. The third-order valence-corrected chi connectivity index (χ3v) is 11.4. The second kappa shape index (κ2) is 11.7. The molecule has 4 aliphatic rings. The van der Waals surface area contributed by atoms with Crippen LogP contribution in [-0.2, 0) is 10.8 Å². The predicted octanol–water partition coefficient (Wildman–Crippen LogP) is 11.2. The van der Waals surface area contributed by atoms with Crippen molar-refractivity contribution in [3.63, 3.8) is 0 Å². The van der Waals surface area contributed by atoms with Gasteiger partial charge in [0, 0.05) is 29.6 Å². The van der Waals surface area contributed by atoms with Crippen molar-refractivity contribution >= 4 is 17.1 Å². The summed E-state index contributed by atoms with van der Waals surface area (Å²) in [4.78, 5) is 7.96. The molecule has 0 aromatic heterocycles. The highest BCUT2D eigenvalue weighted by atomic mass is 15.2. The van der Waals surface area contributed by atoms with Gasteiger partial charge in [0.1, 0.15) is 0 Å². The van der Waals surface area contributed by atoms with Crippen LogP contribution >= 0.6 is 0 Å². The summed E-state index contributed by atoms with van der Waals surface area (Å²) in [5, 5.41) is 0. The molecule has 2 unspecified atom stereocenters. The van der Waals surface area contributed by atoms with Crippen LogP contribution < -0.4 is 4.90 Å². The summed E-state index contributed by atoms with van der Waals surface area (Å²) in [6.45, 7) is 4.61. The van der Waals surface area contributed by atoms with Crippen molar-refractivity contribution in [1.29, 1.82) is 0 Å². The molecular formula is C48H40N2. The third-order valence-electron chi connectivity index (χ3n) is 11.4. The first-order valence-corrected chi connectivity index (χ1v) is 17.7. The van der Waals surface area contributed by atoms with Crippen LogP contribution in [0.5, 0.6) is 0 Å². The molecule has 0 saturated carbocycles. The van der Waals surface area contributed by atoms with Crippen molar-refractivity contribution in [1.82, 2.24) is 0 Å². The molecule has 242 valence electrons. The summed E-state index contributed by atoms with van der Waals surface area (Å²) in [6, 6.07) is 54.9. The zero-order valence-corrected chi connectivity index (χ0v) is 28.8. The Bertz CT molecular complexity index is 2220. The number of benzene rings is 6. The average Bonchev–Trinajstić information content (AvgIpc) is 3.77. The lowest BCUT2D eigenvalue weighted by Crippen LogP contribution is -2.36. The zero-order valence-electron chi connectivity index (χ0n) is 28.8. The van der Waals surface area contributed by atoms with Gasteiger partial charge < -0.3 is 4.90 Å². The van der Waals surface area contributed by atoms with E-state index in [1.165, 1.54) is 50.2 Å². The minimum absolute atomic E-state index is 0.160. The van der Waals surface area contributed by atoms with Crippen LogP contribution in [0.1, 0.15) is 58.7 Å². The highest BCUT2D eigenvalue weighted by Crippen LogP contribution is 2.57. The van der Waals surface area contributed by atoms with Crippen molar-refractivity contribution in [2.45, 2.75) is 36.6 Å². The Morgan fingerprint density at radius 1 is 0.540 bits per heavy atom. The van der Waals surface area contributed by atoms with Crippen molar-refractivity contribution in [3.8, 4) is 11.1 Å².